The molecular weight excluding hydrogens is 398 g/mol. The lowest BCUT2D eigenvalue weighted by Crippen LogP contribution is -2.24. The normalized spacial score (nSPS) is 11.9. The minimum absolute atomic E-state index is 0.0280. The molecule has 0 radical (unpaired) electrons. The molecule has 162 valence electrons. The number of aliphatic carboxylic acids is 1. The van der Waals surface area contributed by atoms with Crippen LogP contribution in [0.15, 0.2) is 30.5 Å². The molecule has 1 amide bonds. The van der Waals surface area contributed by atoms with Crippen molar-refractivity contribution < 1.29 is 14.7 Å². The number of carbonyl (C=O) groups is 2. The van der Waals surface area contributed by atoms with Crippen LogP contribution in [-0.2, 0) is 11.2 Å². The molecule has 0 saturated carbocycles. The fourth-order valence-corrected chi connectivity index (χ4v) is 3.28. The van der Waals surface area contributed by atoms with Gasteiger partial charge in [0.2, 0.25) is 5.95 Å². The van der Waals surface area contributed by atoms with Crippen LogP contribution in [-0.4, -0.2) is 43.5 Å². The Bertz CT molecular complexity index is 1090. The Hall–Kier alpha value is -3.82. The highest BCUT2D eigenvalue weighted by molar-refractivity contribution is 5.94. The Kier molecular flexibility index (Phi) is 6.91. The Labute approximate surface area is 179 Å². The van der Waals surface area contributed by atoms with Crippen LogP contribution >= 0.6 is 0 Å². The fourth-order valence-electron chi connectivity index (χ4n) is 3.28. The number of hydrogen-bond donors (Lipinski definition) is 4. The van der Waals surface area contributed by atoms with Crippen LogP contribution < -0.4 is 16.8 Å². The first-order chi connectivity index (χ1) is 14.9. The Morgan fingerprint density at radius 3 is 2.55 bits per heavy atom. The zero-order valence-corrected chi connectivity index (χ0v) is 17.2. The van der Waals surface area contributed by atoms with Gasteiger partial charge >= 0.3 is 5.97 Å². The van der Waals surface area contributed by atoms with Gasteiger partial charge in [-0.25, -0.2) is 9.97 Å². The molecule has 0 aliphatic heterocycles. The molecule has 0 aliphatic carbocycles. The van der Waals surface area contributed by atoms with Crippen LogP contribution in [0.1, 0.15) is 53.7 Å². The largest absolute Gasteiger partial charge is 0.481 e. The van der Waals surface area contributed by atoms with Crippen LogP contribution in [0, 0.1) is 0 Å². The molecular formula is C21H25N7O3. The van der Waals surface area contributed by atoms with Crippen molar-refractivity contribution in [1.29, 1.82) is 0 Å². The smallest absolute Gasteiger partial charge is 0.303 e. The number of hydrogen-bond acceptors (Lipinski definition) is 8. The van der Waals surface area contributed by atoms with Gasteiger partial charge in [0, 0.05) is 18.5 Å². The quantitative estimate of drug-likeness (QED) is 0.375. The lowest BCUT2D eigenvalue weighted by molar-refractivity contribution is -0.137. The standard InChI is InChI=1S/C21H25N7O3/c1-2-12(10-15-11-25-19-17(26-15)18(22)27-21(23)28-19)13-5-7-14(8-6-13)20(31)24-9-3-4-16(29)30/h5-8,11-12H,2-4,9-10H2,1H3,(H,24,31)(H,29,30)(H4,22,23,25,27,28). The first-order valence-corrected chi connectivity index (χ1v) is 10.0. The number of nitrogen functional groups attached to an aromatic ring is 2. The molecule has 1 aromatic carbocycles. The third-order valence-corrected chi connectivity index (χ3v) is 4.95. The summed E-state index contributed by atoms with van der Waals surface area (Å²) in [5.41, 5.74) is 14.7. The van der Waals surface area contributed by atoms with Crippen LogP contribution in [0.5, 0.6) is 0 Å². The van der Waals surface area contributed by atoms with E-state index >= 15 is 0 Å². The topological polar surface area (TPSA) is 170 Å². The van der Waals surface area contributed by atoms with Gasteiger partial charge in [-0.3, -0.25) is 9.59 Å². The molecule has 10 nitrogen and oxygen atoms in total. The number of nitrogens with zero attached hydrogens (tertiary/aromatic N) is 4. The van der Waals surface area contributed by atoms with Gasteiger partial charge in [0.25, 0.3) is 5.91 Å². The van der Waals surface area contributed by atoms with Crippen LogP contribution in [0.2, 0.25) is 0 Å². The van der Waals surface area contributed by atoms with Gasteiger partial charge in [0.05, 0.1) is 11.9 Å². The molecule has 0 aliphatic rings. The van der Waals surface area contributed by atoms with E-state index in [1.54, 1.807) is 18.3 Å². The number of amides is 1. The van der Waals surface area contributed by atoms with Gasteiger partial charge in [-0.2, -0.15) is 9.97 Å². The molecule has 1 atom stereocenters. The Balaban J connectivity index is 1.68. The molecule has 0 fully saturated rings. The van der Waals surface area contributed by atoms with Crippen molar-refractivity contribution in [3.05, 3.63) is 47.3 Å². The van der Waals surface area contributed by atoms with Gasteiger partial charge in [0.15, 0.2) is 17.0 Å². The van der Waals surface area contributed by atoms with Gasteiger partial charge in [0.1, 0.15) is 0 Å². The zero-order chi connectivity index (χ0) is 22.4. The Morgan fingerprint density at radius 1 is 1.13 bits per heavy atom. The average Bonchev–Trinajstić information content (AvgIpc) is 2.75. The van der Waals surface area contributed by atoms with Crippen molar-refractivity contribution in [3.63, 3.8) is 0 Å². The number of nitrogens with two attached hydrogens (primary N) is 2. The maximum Gasteiger partial charge on any atom is 0.303 e. The fraction of sp³-hybridized carbons (Fsp3) is 0.333. The molecule has 3 rings (SSSR count). The zero-order valence-electron chi connectivity index (χ0n) is 17.2. The van der Waals surface area contributed by atoms with Gasteiger partial charge in [-0.05, 0) is 42.9 Å². The number of carbonyl (C=O) groups excluding carboxylic acids is 1. The van der Waals surface area contributed by atoms with E-state index in [1.165, 1.54) is 0 Å². The van der Waals surface area contributed by atoms with Crippen molar-refractivity contribution in [1.82, 2.24) is 25.3 Å². The van der Waals surface area contributed by atoms with E-state index in [1.807, 2.05) is 12.1 Å². The molecule has 0 spiro atoms. The highest BCUT2D eigenvalue weighted by atomic mass is 16.4. The second-order valence-electron chi connectivity index (χ2n) is 7.19. The van der Waals surface area contributed by atoms with E-state index < -0.39 is 5.97 Å². The minimum Gasteiger partial charge on any atom is -0.481 e. The molecule has 0 saturated heterocycles. The predicted molar refractivity (Wildman–Crippen MR) is 116 cm³/mol. The van der Waals surface area contributed by atoms with Crippen LogP contribution in [0.4, 0.5) is 11.8 Å². The summed E-state index contributed by atoms with van der Waals surface area (Å²) < 4.78 is 0. The maximum atomic E-state index is 12.2. The first kappa shape index (κ1) is 21.9. The second-order valence-corrected chi connectivity index (χ2v) is 7.19. The third kappa shape index (κ3) is 5.62. The lowest BCUT2D eigenvalue weighted by atomic mass is 9.91. The summed E-state index contributed by atoms with van der Waals surface area (Å²) in [4.78, 5) is 39.6. The summed E-state index contributed by atoms with van der Waals surface area (Å²) in [6.45, 7) is 2.41. The predicted octanol–water partition coefficient (Wildman–Crippen LogP) is 1.92. The van der Waals surface area contributed by atoms with Gasteiger partial charge in [-0.15, -0.1) is 0 Å². The monoisotopic (exact) mass is 423 g/mol. The number of carboxylic acid groups (broad SMARTS) is 1. The van der Waals surface area contributed by atoms with Gasteiger partial charge in [-0.1, -0.05) is 19.1 Å². The molecule has 10 heteroatoms. The molecule has 2 aromatic heterocycles. The van der Waals surface area contributed by atoms with Crippen molar-refractivity contribution in [3.8, 4) is 0 Å². The summed E-state index contributed by atoms with van der Waals surface area (Å²) in [5, 5.41) is 11.4. The summed E-state index contributed by atoms with van der Waals surface area (Å²) in [5.74, 6) is -0.664. The average molecular weight is 423 g/mol. The lowest BCUT2D eigenvalue weighted by Gasteiger charge is -2.16. The van der Waals surface area contributed by atoms with Gasteiger partial charge < -0.3 is 21.9 Å². The van der Waals surface area contributed by atoms with Crippen molar-refractivity contribution in [2.75, 3.05) is 18.0 Å². The highest BCUT2D eigenvalue weighted by Gasteiger charge is 2.15. The SMILES string of the molecule is CCC(Cc1cnc2nc(N)nc(N)c2n1)c1ccc(C(=O)NCCCC(=O)O)cc1. The number of aromatic nitrogens is 4. The van der Waals surface area contributed by atoms with Crippen molar-refractivity contribution in [2.45, 2.75) is 38.5 Å². The molecule has 6 N–H and O–H groups in total. The molecule has 31 heavy (non-hydrogen) atoms. The summed E-state index contributed by atoms with van der Waals surface area (Å²) >= 11 is 0. The molecule has 1 unspecified atom stereocenters. The number of fused-ring (bicyclic) bond motifs is 1. The van der Waals surface area contributed by atoms with E-state index in [2.05, 4.69) is 32.2 Å². The van der Waals surface area contributed by atoms with E-state index in [9.17, 15) is 9.59 Å². The van der Waals surface area contributed by atoms with Crippen LogP contribution in [0.25, 0.3) is 11.2 Å². The molecule has 0 bridgehead atoms. The number of nitrogens with one attached hydrogen (secondary N) is 1. The van der Waals surface area contributed by atoms with Crippen molar-refractivity contribution in [2.24, 2.45) is 0 Å². The summed E-state index contributed by atoms with van der Waals surface area (Å²) in [7, 11) is 0. The minimum atomic E-state index is -0.875. The molecule has 3 aromatic rings. The third-order valence-electron chi connectivity index (χ3n) is 4.95. The summed E-state index contributed by atoms with van der Waals surface area (Å²) in [6, 6.07) is 7.39. The van der Waals surface area contributed by atoms with Crippen LogP contribution in [0.3, 0.4) is 0 Å². The second kappa shape index (κ2) is 9.79. The highest BCUT2D eigenvalue weighted by Crippen LogP contribution is 2.25. The number of rotatable bonds is 9. The number of benzene rings is 1. The van der Waals surface area contributed by atoms with E-state index in [0.717, 1.165) is 17.7 Å². The summed E-state index contributed by atoms with van der Waals surface area (Å²) in [6.07, 6.45) is 3.60. The van der Waals surface area contributed by atoms with E-state index in [0.29, 0.717) is 36.1 Å². The van der Waals surface area contributed by atoms with Crippen molar-refractivity contribution >= 4 is 34.8 Å². The number of anilines is 2. The Morgan fingerprint density at radius 2 is 1.87 bits per heavy atom. The number of carboxylic acids is 1. The first-order valence-electron chi connectivity index (χ1n) is 10.0. The van der Waals surface area contributed by atoms with E-state index in [-0.39, 0.29) is 30.0 Å². The van der Waals surface area contributed by atoms with E-state index in [4.69, 9.17) is 16.6 Å². The molecule has 2 heterocycles. The maximum absolute atomic E-state index is 12.2.